The number of aliphatic hydroxyl groups is 1. The molecule has 11 heteroatoms. The molecule has 0 aromatic carbocycles. The van der Waals surface area contributed by atoms with E-state index in [-0.39, 0.29) is 26.1 Å². The molecule has 0 aromatic heterocycles. The summed E-state index contributed by atoms with van der Waals surface area (Å²) in [5.41, 5.74) is 0. The first kappa shape index (κ1) is 59.9. The van der Waals surface area contributed by atoms with Gasteiger partial charge in [-0.15, -0.1) is 0 Å². The van der Waals surface area contributed by atoms with Gasteiger partial charge in [0.25, 0.3) is 0 Å². The Morgan fingerprint density at radius 2 is 1.13 bits per heavy atom. The predicted octanol–water partition coefficient (Wildman–Crippen LogP) is 13.1. The normalized spacial score (nSPS) is 14.8. The average Bonchev–Trinajstić information content (AvgIpc) is 3.23. The molecule has 2 N–H and O–H groups in total. The third-order valence-electron chi connectivity index (χ3n) is 9.69. The fourth-order valence-corrected chi connectivity index (χ4v) is 6.66. The van der Waals surface area contributed by atoms with Crippen LogP contribution in [0.3, 0.4) is 0 Å². The highest BCUT2D eigenvalue weighted by atomic mass is 31.2. The van der Waals surface area contributed by atoms with Crippen LogP contribution in [0.1, 0.15) is 162 Å². The summed E-state index contributed by atoms with van der Waals surface area (Å²) in [6.45, 7) is 4.06. The predicted molar refractivity (Wildman–Crippen MR) is 262 cm³/mol. The van der Waals surface area contributed by atoms with Gasteiger partial charge in [0.2, 0.25) is 0 Å². The minimum absolute atomic E-state index is 0.00197. The van der Waals surface area contributed by atoms with Gasteiger partial charge in [-0.3, -0.25) is 18.6 Å². The molecule has 0 fully saturated rings. The number of carbonyl (C=O) groups is 2. The number of ether oxygens (including phenoxy) is 2. The average molecular weight is 903 g/mol. The van der Waals surface area contributed by atoms with Crippen LogP contribution in [0.15, 0.2) is 97.2 Å². The van der Waals surface area contributed by atoms with E-state index >= 15 is 0 Å². The van der Waals surface area contributed by atoms with E-state index in [9.17, 15) is 24.2 Å². The van der Waals surface area contributed by atoms with Gasteiger partial charge in [-0.1, -0.05) is 169 Å². The Bertz CT molecular complexity index is 1410. The van der Waals surface area contributed by atoms with Gasteiger partial charge >= 0.3 is 19.8 Å². The lowest BCUT2D eigenvalue weighted by atomic mass is 10.1. The maximum atomic E-state index is 12.7. The lowest BCUT2D eigenvalue weighted by Crippen LogP contribution is -2.37. The molecule has 0 spiro atoms. The summed E-state index contributed by atoms with van der Waals surface area (Å²) < 4.78 is 34.2. The van der Waals surface area contributed by atoms with E-state index in [0.717, 1.165) is 57.8 Å². The zero-order valence-corrected chi connectivity index (χ0v) is 41.0. The van der Waals surface area contributed by atoms with E-state index in [1.54, 1.807) is 12.2 Å². The van der Waals surface area contributed by atoms with Gasteiger partial charge in [-0.05, 0) is 77.0 Å². The van der Waals surface area contributed by atoms with Gasteiger partial charge in [0.15, 0.2) is 6.10 Å². The van der Waals surface area contributed by atoms with Crippen LogP contribution in [0.25, 0.3) is 0 Å². The molecule has 10 nitrogen and oxygen atoms in total. The summed E-state index contributed by atoms with van der Waals surface area (Å²) in [6, 6.07) is 0. The number of carbonyl (C=O) groups excluding carboxylic acids is 2. The van der Waals surface area contributed by atoms with Crippen LogP contribution < -0.4 is 0 Å². The maximum Gasteiger partial charge on any atom is 0.472 e. The molecule has 0 radical (unpaired) electrons. The lowest BCUT2D eigenvalue weighted by molar-refractivity contribution is -0.870. The van der Waals surface area contributed by atoms with Gasteiger partial charge in [-0.2, -0.15) is 0 Å². The molecule has 0 aliphatic carbocycles. The number of aliphatic hydroxyl groups excluding tert-OH is 1. The standard InChI is InChI=1S/C52H88NO9P/c1-6-8-10-12-14-16-18-20-21-22-23-24-25-27-29-31-33-35-39-44-52(56)62-50(48-61-63(57,58)60-46-45-53(3,4)5)47-59-51(55)43-40-36-38-42-49(54)41-37-34-32-30-28-26-19-17-15-13-11-9-7-2/h9,11,14-17,20-21,26,28,32,34,36-38,41,49-50,54H,6-8,10,12-13,18-19,22-25,27,29-31,33,35,39-40,42-48H2,1-5H3/p+1/b11-9-,16-14-,17-15-,21-20-,28-26-,34-32-,38-36-,41-37-/t49?,50-/m1/s1. The van der Waals surface area contributed by atoms with Crippen molar-refractivity contribution in [2.75, 3.05) is 47.5 Å². The molecule has 0 aliphatic rings. The number of nitrogens with zero attached hydrogens (tertiary/aromatic N) is 1. The first-order valence-corrected chi connectivity index (χ1v) is 25.6. The molecule has 3 atom stereocenters. The summed E-state index contributed by atoms with van der Waals surface area (Å²) >= 11 is 0. The molecule has 0 saturated carbocycles. The molecular formula is C52H89NO9P+. The van der Waals surface area contributed by atoms with Gasteiger partial charge in [0, 0.05) is 12.8 Å². The molecule has 0 aromatic rings. The van der Waals surface area contributed by atoms with Crippen LogP contribution in [0.2, 0.25) is 0 Å². The Labute approximate surface area is 384 Å². The molecule has 0 aliphatic heterocycles. The molecule has 2 unspecified atom stereocenters. The second-order valence-electron chi connectivity index (χ2n) is 17.0. The van der Waals surface area contributed by atoms with Crippen LogP contribution in [-0.2, 0) is 32.7 Å². The number of hydrogen-bond donors (Lipinski definition) is 2. The Morgan fingerprint density at radius 3 is 1.73 bits per heavy atom. The molecule has 0 saturated heterocycles. The molecule has 0 rings (SSSR count). The Morgan fingerprint density at radius 1 is 0.587 bits per heavy atom. The van der Waals surface area contributed by atoms with Crippen LogP contribution in [-0.4, -0.2) is 86.1 Å². The molecule has 360 valence electrons. The van der Waals surface area contributed by atoms with Crippen LogP contribution in [0, 0.1) is 0 Å². The highest BCUT2D eigenvalue weighted by Crippen LogP contribution is 2.43. The zero-order chi connectivity index (χ0) is 46.5. The second-order valence-corrected chi connectivity index (χ2v) is 18.4. The van der Waals surface area contributed by atoms with Crippen molar-refractivity contribution in [3.8, 4) is 0 Å². The van der Waals surface area contributed by atoms with Gasteiger partial charge in [0.1, 0.15) is 19.8 Å². The topological polar surface area (TPSA) is 129 Å². The third-order valence-corrected chi connectivity index (χ3v) is 10.7. The fourth-order valence-electron chi connectivity index (χ4n) is 5.92. The number of rotatable bonds is 42. The summed E-state index contributed by atoms with van der Waals surface area (Å²) in [4.78, 5) is 35.5. The quantitative estimate of drug-likeness (QED) is 0.0154. The number of hydrogen-bond acceptors (Lipinski definition) is 8. The first-order chi connectivity index (χ1) is 30.4. The van der Waals surface area contributed by atoms with Crippen molar-refractivity contribution in [3.05, 3.63) is 97.2 Å². The molecule has 0 amide bonds. The summed E-state index contributed by atoms with van der Waals surface area (Å²) in [5.74, 6) is -0.992. The first-order valence-electron chi connectivity index (χ1n) is 24.1. The van der Waals surface area contributed by atoms with Crippen molar-refractivity contribution in [2.45, 2.75) is 174 Å². The van der Waals surface area contributed by atoms with Crippen LogP contribution in [0.5, 0.6) is 0 Å². The molecule has 63 heavy (non-hydrogen) atoms. The fraction of sp³-hybridized carbons (Fsp3) is 0.654. The Hall–Kier alpha value is -3.11. The third kappa shape index (κ3) is 46.7. The van der Waals surface area contributed by atoms with E-state index in [0.29, 0.717) is 30.3 Å². The smallest absolute Gasteiger partial charge is 0.462 e. The number of allylic oxidation sites excluding steroid dienone is 14. The summed E-state index contributed by atoms with van der Waals surface area (Å²) in [5, 5.41) is 10.2. The van der Waals surface area contributed by atoms with Gasteiger partial charge in [-0.25, -0.2) is 4.57 Å². The largest absolute Gasteiger partial charge is 0.472 e. The van der Waals surface area contributed by atoms with Crippen LogP contribution in [0.4, 0.5) is 0 Å². The Kier molecular flexibility index (Phi) is 40.7. The van der Waals surface area contributed by atoms with Crippen molar-refractivity contribution in [3.63, 3.8) is 0 Å². The monoisotopic (exact) mass is 903 g/mol. The van der Waals surface area contributed by atoms with Crippen LogP contribution >= 0.6 is 7.82 Å². The number of phosphoric acid groups is 1. The van der Waals surface area contributed by atoms with E-state index in [2.05, 4.69) is 74.6 Å². The van der Waals surface area contributed by atoms with E-state index in [4.69, 9.17) is 18.5 Å². The number of quaternary nitrogens is 1. The van der Waals surface area contributed by atoms with Crippen molar-refractivity contribution in [1.29, 1.82) is 0 Å². The number of phosphoric ester groups is 1. The van der Waals surface area contributed by atoms with Gasteiger partial charge < -0.3 is 24.0 Å². The number of unbranched alkanes of at least 4 members (excludes halogenated alkanes) is 12. The van der Waals surface area contributed by atoms with E-state index in [1.165, 1.54) is 57.8 Å². The molecular weight excluding hydrogens is 814 g/mol. The zero-order valence-electron chi connectivity index (χ0n) is 40.1. The van der Waals surface area contributed by atoms with Gasteiger partial charge in [0.05, 0.1) is 33.9 Å². The minimum Gasteiger partial charge on any atom is -0.462 e. The minimum atomic E-state index is -4.43. The lowest BCUT2D eigenvalue weighted by Gasteiger charge is -2.24. The van der Waals surface area contributed by atoms with Crippen molar-refractivity contribution >= 4 is 19.8 Å². The van der Waals surface area contributed by atoms with E-state index in [1.807, 2.05) is 45.4 Å². The molecule has 0 heterocycles. The Balaban J connectivity index is 4.52. The number of esters is 2. The highest BCUT2D eigenvalue weighted by Gasteiger charge is 2.27. The second kappa shape index (κ2) is 42.8. The van der Waals surface area contributed by atoms with E-state index < -0.39 is 38.6 Å². The number of likely N-dealkylation sites (N-methyl/N-ethyl adjacent to an activating group) is 1. The summed E-state index contributed by atoms with van der Waals surface area (Å²) in [7, 11) is 1.36. The SMILES string of the molecule is CC/C=C\C/C=C\C/C=C\C/C=C\C=C/C(O)C/C=C\CCC(=O)OC[C@H](COP(=O)(O)OCC[N+](C)(C)C)OC(=O)CCCCCCCCCCC/C=C\C/C=C\CCCCC. The van der Waals surface area contributed by atoms with Crippen molar-refractivity contribution in [2.24, 2.45) is 0 Å². The maximum absolute atomic E-state index is 12.7. The van der Waals surface area contributed by atoms with Crippen molar-refractivity contribution in [1.82, 2.24) is 0 Å². The molecule has 0 bridgehead atoms. The van der Waals surface area contributed by atoms with Crippen molar-refractivity contribution < 1.29 is 47.2 Å². The highest BCUT2D eigenvalue weighted by molar-refractivity contribution is 7.47. The summed E-state index contributed by atoms with van der Waals surface area (Å²) in [6.07, 6.45) is 53.4.